The molecule has 0 amide bonds. The second-order valence-corrected chi connectivity index (χ2v) is 3.84. The lowest BCUT2D eigenvalue weighted by Gasteiger charge is -2.15. The van der Waals surface area contributed by atoms with Gasteiger partial charge >= 0.3 is 0 Å². The number of aromatic nitrogens is 2. The zero-order chi connectivity index (χ0) is 12.8. The topological polar surface area (TPSA) is 75.2 Å². The van der Waals surface area contributed by atoms with E-state index in [9.17, 15) is 9.90 Å². The first kappa shape index (κ1) is 13.7. The van der Waals surface area contributed by atoms with Crippen LogP contribution in [-0.4, -0.2) is 21.7 Å². The van der Waals surface area contributed by atoms with Gasteiger partial charge in [0.25, 0.3) is 5.56 Å². The number of hydrogen-bond acceptors (Lipinski definition) is 4. The van der Waals surface area contributed by atoms with Crippen LogP contribution in [0.15, 0.2) is 4.79 Å². The number of ether oxygens (including phenoxy) is 1. The molecule has 1 aromatic heterocycles. The second kappa shape index (κ2) is 6.39. The summed E-state index contributed by atoms with van der Waals surface area (Å²) >= 11 is 0. The van der Waals surface area contributed by atoms with Gasteiger partial charge in [-0.05, 0) is 19.8 Å². The molecule has 17 heavy (non-hydrogen) atoms. The molecule has 1 rings (SSSR count). The summed E-state index contributed by atoms with van der Waals surface area (Å²) in [5.41, 5.74) is 0.0382. The predicted octanol–water partition coefficient (Wildman–Crippen LogP) is 1.92. The molecule has 0 spiro atoms. The Morgan fingerprint density at radius 2 is 2.12 bits per heavy atom. The Labute approximate surface area is 101 Å². The van der Waals surface area contributed by atoms with E-state index in [0.717, 1.165) is 12.8 Å². The number of nitrogens with zero attached hydrogens (tertiary/aromatic N) is 1. The van der Waals surface area contributed by atoms with E-state index in [1.807, 2.05) is 13.8 Å². The van der Waals surface area contributed by atoms with Crippen molar-refractivity contribution in [1.82, 2.24) is 9.97 Å². The summed E-state index contributed by atoms with van der Waals surface area (Å²) in [4.78, 5) is 18.4. The van der Waals surface area contributed by atoms with E-state index in [-0.39, 0.29) is 17.5 Å². The van der Waals surface area contributed by atoms with Crippen LogP contribution in [0.3, 0.4) is 0 Å². The van der Waals surface area contributed by atoms with Gasteiger partial charge in [-0.1, -0.05) is 20.3 Å². The molecule has 2 N–H and O–H groups in total. The first-order valence-corrected chi connectivity index (χ1v) is 6.07. The number of H-pyrrole nitrogens is 1. The molecule has 0 saturated heterocycles. The molecule has 1 aromatic rings. The summed E-state index contributed by atoms with van der Waals surface area (Å²) < 4.78 is 5.51. The second-order valence-electron chi connectivity index (χ2n) is 3.84. The Hall–Kier alpha value is -1.36. The minimum atomic E-state index is -0.282. The quantitative estimate of drug-likeness (QED) is 0.796. The maximum absolute atomic E-state index is 11.7. The van der Waals surface area contributed by atoms with Gasteiger partial charge in [-0.25, -0.2) is 0 Å². The monoisotopic (exact) mass is 240 g/mol. The van der Waals surface area contributed by atoms with Gasteiger partial charge < -0.3 is 14.8 Å². The van der Waals surface area contributed by atoms with Crippen LogP contribution in [0.4, 0.5) is 0 Å². The molecule has 0 saturated carbocycles. The molecule has 5 nitrogen and oxygen atoms in total. The zero-order valence-electron chi connectivity index (χ0n) is 10.6. The van der Waals surface area contributed by atoms with Crippen LogP contribution in [0.2, 0.25) is 0 Å². The lowest BCUT2D eigenvalue weighted by atomic mass is 10.2. The van der Waals surface area contributed by atoms with Crippen LogP contribution in [0, 0.1) is 0 Å². The van der Waals surface area contributed by atoms with Crippen molar-refractivity contribution in [2.45, 2.75) is 46.1 Å². The molecular formula is C12H20N2O3. The van der Waals surface area contributed by atoms with Crippen molar-refractivity contribution in [3.8, 4) is 5.88 Å². The lowest BCUT2D eigenvalue weighted by Crippen LogP contribution is -2.19. The maximum Gasteiger partial charge on any atom is 0.257 e. The van der Waals surface area contributed by atoms with Gasteiger partial charge in [0.2, 0.25) is 5.88 Å². The third kappa shape index (κ3) is 3.30. The predicted molar refractivity (Wildman–Crippen MR) is 65.2 cm³/mol. The largest absolute Gasteiger partial charge is 0.493 e. The lowest BCUT2D eigenvalue weighted by molar-refractivity contribution is 0.0487. The fourth-order valence-electron chi connectivity index (χ4n) is 1.74. The first-order valence-electron chi connectivity index (χ1n) is 6.07. The van der Waals surface area contributed by atoms with Gasteiger partial charge in [0.05, 0.1) is 5.56 Å². The molecule has 0 aliphatic heterocycles. The fourth-order valence-corrected chi connectivity index (χ4v) is 1.74. The summed E-state index contributed by atoms with van der Waals surface area (Å²) in [6.07, 6.45) is 1.89. The summed E-state index contributed by atoms with van der Waals surface area (Å²) in [5.74, 6) is 0.223. The molecule has 0 bridgehead atoms. The van der Waals surface area contributed by atoms with Gasteiger partial charge in [0, 0.05) is 6.61 Å². The smallest absolute Gasteiger partial charge is 0.257 e. The minimum absolute atomic E-state index is 0.188. The van der Waals surface area contributed by atoms with Crippen molar-refractivity contribution in [1.29, 1.82) is 0 Å². The van der Waals surface area contributed by atoms with E-state index < -0.39 is 0 Å². The normalized spacial score (nSPS) is 12.6. The number of nitrogens with one attached hydrogen (secondary N) is 1. The van der Waals surface area contributed by atoms with Crippen LogP contribution >= 0.6 is 0 Å². The molecule has 5 heteroatoms. The Balaban J connectivity index is 3.08. The van der Waals surface area contributed by atoms with Crippen molar-refractivity contribution in [3.63, 3.8) is 0 Å². The first-order chi connectivity index (χ1) is 8.13. The van der Waals surface area contributed by atoms with Gasteiger partial charge in [0.15, 0.2) is 0 Å². The molecule has 0 aromatic carbocycles. The Kier molecular flexibility index (Phi) is 5.15. The van der Waals surface area contributed by atoms with Gasteiger partial charge in [-0.15, -0.1) is 0 Å². The summed E-state index contributed by atoms with van der Waals surface area (Å²) in [6, 6.07) is 0. The molecule has 1 unspecified atom stereocenters. The molecule has 0 fully saturated rings. The van der Waals surface area contributed by atoms with E-state index in [2.05, 4.69) is 9.97 Å². The van der Waals surface area contributed by atoms with Crippen LogP contribution in [-0.2, 0) is 11.2 Å². The fraction of sp³-hybridized carbons (Fsp3) is 0.667. The van der Waals surface area contributed by atoms with Crippen molar-refractivity contribution in [3.05, 3.63) is 21.7 Å². The van der Waals surface area contributed by atoms with E-state index in [1.54, 1.807) is 6.92 Å². The summed E-state index contributed by atoms with van der Waals surface area (Å²) in [7, 11) is 0. The van der Waals surface area contributed by atoms with Gasteiger partial charge in [-0.3, -0.25) is 4.79 Å². The Morgan fingerprint density at radius 1 is 1.41 bits per heavy atom. The van der Waals surface area contributed by atoms with Crippen LogP contribution < -0.4 is 5.56 Å². The number of aromatic amines is 1. The van der Waals surface area contributed by atoms with E-state index in [1.165, 1.54) is 0 Å². The summed E-state index contributed by atoms with van der Waals surface area (Å²) in [5, 5.41) is 9.67. The van der Waals surface area contributed by atoms with E-state index in [0.29, 0.717) is 24.4 Å². The average Bonchev–Trinajstić information content (AvgIpc) is 2.28. The van der Waals surface area contributed by atoms with Crippen molar-refractivity contribution in [2.75, 3.05) is 6.61 Å². The Bertz CT molecular complexity index is 409. The van der Waals surface area contributed by atoms with Crippen LogP contribution in [0.25, 0.3) is 0 Å². The average molecular weight is 240 g/mol. The summed E-state index contributed by atoms with van der Waals surface area (Å²) in [6.45, 7) is 6.27. The maximum atomic E-state index is 11.7. The molecule has 1 atom stereocenters. The number of aromatic hydroxyl groups is 1. The van der Waals surface area contributed by atoms with Gasteiger partial charge in [-0.2, -0.15) is 4.98 Å². The third-order valence-electron chi connectivity index (χ3n) is 2.59. The highest BCUT2D eigenvalue weighted by Gasteiger charge is 2.16. The standard InChI is InChI=1S/C12H20N2O3/c1-4-7-9(17-6-3)10-13-11(15)8(5-2)12(16)14-10/h9H,4-7H2,1-3H3,(H2,13,14,15,16). The van der Waals surface area contributed by atoms with Gasteiger partial charge in [0.1, 0.15) is 11.9 Å². The van der Waals surface area contributed by atoms with Crippen LogP contribution in [0.1, 0.15) is 51.1 Å². The Morgan fingerprint density at radius 3 is 2.59 bits per heavy atom. The zero-order valence-corrected chi connectivity index (χ0v) is 10.6. The number of hydrogen-bond donors (Lipinski definition) is 2. The highest BCUT2D eigenvalue weighted by molar-refractivity contribution is 5.22. The van der Waals surface area contributed by atoms with Crippen LogP contribution in [0.5, 0.6) is 5.88 Å². The third-order valence-corrected chi connectivity index (χ3v) is 2.59. The molecular weight excluding hydrogens is 220 g/mol. The van der Waals surface area contributed by atoms with Crippen molar-refractivity contribution < 1.29 is 9.84 Å². The molecule has 0 aliphatic rings. The van der Waals surface area contributed by atoms with Crippen molar-refractivity contribution in [2.24, 2.45) is 0 Å². The molecule has 0 aliphatic carbocycles. The van der Waals surface area contributed by atoms with E-state index >= 15 is 0 Å². The molecule has 96 valence electrons. The van der Waals surface area contributed by atoms with E-state index in [4.69, 9.17) is 4.74 Å². The molecule has 0 radical (unpaired) electrons. The molecule has 1 heterocycles. The minimum Gasteiger partial charge on any atom is -0.493 e. The highest BCUT2D eigenvalue weighted by Crippen LogP contribution is 2.20. The van der Waals surface area contributed by atoms with Crippen molar-refractivity contribution >= 4 is 0 Å². The SMILES string of the molecule is CCCC(OCC)c1nc(O)c(CC)c(=O)[nH]1. The highest BCUT2D eigenvalue weighted by atomic mass is 16.5. The number of rotatable bonds is 6.